The Hall–Kier alpha value is -2.53. The van der Waals surface area contributed by atoms with E-state index in [0.717, 1.165) is 30.0 Å². The van der Waals surface area contributed by atoms with Gasteiger partial charge in [0.15, 0.2) is 0 Å². The van der Waals surface area contributed by atoms with Crippen LogP contribution < -0.4 is 15.5 Å². The molecule has 0 aromatic heterocycles. The fraction of sp³-hybridized carbons (Fsp3) is 0.316. The molecule has 2 aromatic rings. The molecule has 5 heteroatoms. The van der Waals surface area contributed by atoms with Crippen molar-refractivity contribution in [1.29, 1.82) is 0 Å². The summed E-state index contributed by atoms with van der Waals surface area (Å²) in [5.74, 6) is -0.0988. The van der Waals surface area contributed by atoms with Gasteiger partial charge in [-0.05, 0) is 54.8 Å². The van der Waals surface area contributed by atoms with Gasteiger partial charge in [0.05, 0.1) is 13.2 Å². The van der Waals surface area contributed by atoms with Crippen molar-refractivity contribution in [3.63, 3.8) is 0 Å². The lowest BCUT2D eigenvalue weighted by Crippen LogP contribution is -2.22. The average Bonchev–Trinajstić information content (AvgIpc) is 3.15. The third-order valence-corrected chi connectivity index (χ3v) is 4.18. The van der Waals surface area contributed by atoms with Gasteiger partial charge in [-0.3, -0.25) is 4.79 Å². The Morgan fingerprint density at radius 3 is 2.50 bits per heavy atom. The first-order valence-electron chi connectivity index (χ1n) is 8.33. The summed E-state index contributed by atoms with van der Waals surface area (Å²) in [6, 6.07) is 15.4. The van der Waals surface area contributed by atoms with Crippen LogP contribution in [0, 0.1) is 0 Å². The first-order chi connectivity index (χ1) is 11.7. The molecule has 1 saturated heterocycles. The summed E-state index contributed by atoms with van der Waals surface area (Å²) < 4.78 is 0. The largest absolute Gasteiger partial charge is 0.392 e. The number of aliphatic hydroxyl groups excluding tert-OH is 1. The Balaban J connectivity index is 1.50. The van der Waals surface area contributed by atoms with Crippen molar-refractivity contribution in [2.45, 2.75) is 19.4 Å². The number of nitrogens with zero attached hydrogens (tertiary/aromatic N) is 1. The van der Waals surface area contributed by atoms with Crippen LogP contribution in [0.15, 0.2) is 48.5 Å². The third-order valence-electron chi connectivity index (χ3n) is 4.18. The molecule has 0 unspecified atom stereocenters. The van der Waals surface area contributed by atoms with Gasteiger partial charge in [-0.15, -0.1) is 0 Å². The van der Waals surface area contributed by atoms with Crippen LogP contribution in [0.4, 0.5) is 17.1 Å². The SMILES string of the molecule is O=C(CNc1cccc(CO)c1)Nc1ccc(N2CCCC2)cc1. The molecule has 0 radical (unpaired) electrons. The number of nitrogens with one attached hydrogen (secondary N) is 2. The van der Waals surface area contributed by atoms with Crippen molar-refractivity contribution in [2.24, 2.45) is 0 Å². The maximum atomic E-state index is 12.0. The van der Waals surface area contributed by atoms with Crippen LogP contribution in [0.1, 0.15) is 18.4 Å². The van der Waals surface area contributed by atoms with E-state index in [-0.39, 0.29) is 19.1 Å². The molecule has 126 valence electrons. The van der Waals surface area contributed by atoms with E-state index in [1.165, 1.54) is 18.5 Å². The monoisotopic (exact) mass is 325 g/mol. The molecule has 3 rings (SSSR count). The van der Waals surface area contributed by atoms with Gasteiger partial charge in [0.1, 0.15) is 0 Å². The number of rotatable bonds is 6. The van der Waals surface area contributed by atoms with Crippen LogP contribution in [0.3, 0.4) is 0 Å². The minimum atomic E-state index is -0.0988. The topological polar surface area (TPSA) is 64.6 Å². The maximum absolute atomic E-state index is 12.0. The van der Waals surface area contributed by atoms with Crippen molar-refractivity contribution in [3.8, 4) is 0 Å². The van der Waals surface area contributed by atoms with Crippen LogP contribution in [-0.2, 0) is 11.4 Å². The molecule has 1 fully saturated rings. The molecule has 0 atom stereocenters. The highest BCUT2D eigenvalue weighted by Gasteiger charge is 2.12. The second-order valence-corrected chi connectivity index (χ2v) is 6.00. The molecule has 2 aromatic carbocycles. The van der Waals surface area contributed by atoms with Crippen LogP contribution in [0.25, 0.3) is 0 Å². The van der Waals surface area contributed by atoms with Crippen molar-refractivity contribution in [2.75, 3.05) is 35.2 Å². The highest BCUT2D eigenvalue weighted by atomic mass is 16.3. The van der Waals surface area contributed by atoms with Crippen LogP contribution in [0.2, 0.25) is 0 Å². The van der Waals surface area contributed by atoms with Gasteiger partial charge in [0.25, 0.3) is 0 Å². The van der Waals surface area contributed by atoms with Crippen LogP contribution in [0.5, 0.6) is 0 Å². The number of benzene rings is 2. The molecule has 0 bridgehead atoms. The fourth-order valence-electron chi connectivity index (χ4n) is 2.90. The normalized spacial score (nSPS) is 13.8. The number of aliphatic hydroxyl groups is 1. The molecule has 3 N–H and O–H groups in total. The zero-order valence-electron chi connectivity index (χ0n) is 13.7. The summed E-state index contributed by atoms with van der Waals surface area (Å²) in [6.07, 6.45) is 2.50. The number of hydrogen-bond acceptors (Lipinski definition) is 4. The smallest absolute Gasteiger partial charge is 0.243 e. The first-order valence-corrected chi connectivity index (χ1v) is 8.33. The van der Waals surface area contributed by atoms with E-state index in [9.17, 15) is 4.79 Å². The first kappa shape index (κ1) is 16.3. The van der Waals surface area contributed by atoms with Gasteiger partial charge in [0, 0.05) is 30.2 Å². The molecule has 1 heterocycles. The Labute approximate surface area is 142 Å². The summed E-state index contributed by atoms with van der Waals surface area (Å²) >= 11 is 0. The van der Waals surface area contributed by atoms with Gasteiger partial charge in [-0.1, -0.05) is 12.1 Å². The number of carbonyl (C=O) groups is 1. The summed E-state index contributed by atoms with van der Waals surface area (Å²) in [7, 11) is 0. The Morgan fingerprint density at radius 1 is 1.04 bits per heavy atom. The second-order valence-electron chi connectivity index (χ2n) is 6.00. The highest BCUT2D eigenvalue weighted by molar-refractivity contribution is 5.93. The summed E-state index contributed by atoms with van der Waals surface area (Å²) in [6.45, 7) is 2.40. The minimum absolute atomic E-state index is 0.00885. The van der Waals surface area contributed by atoms with Gasteiger partial charge < -0.3 is 20.6 Å². The molecule has 1 aliphatic heterocycles. The molecular weight excluding hydrogens is 302 g/mol. The molecular formula is C19H23N3O2. The van der Waals surface area contributed by atoms with Crippen LogP contribution >= 0.6 is 0 Å². The highest BCUT2D eigenvalue weighted by Crippen LogP contribution is 2.22. The number of anilines is 3. The fourth-order valence-corrected chi connectivity index (χ4v) is 2.90. The van der Waals surface area contributed by atoms with Gasteiger partial charge in [-0.25, -0.2) is 0 Å². The molecule has 0 aliphatic carbocycles. The Bertz CT molecular complexity index is 679. The lowest BCUT2D eigenvalue weighted by molar-refractivity contribution is -0.114. The lowest BCUT2D eigenvalue weighted by Gasteiger charge is -2.17. The quantitative estimate of drug-likeness (QED) is 0.764. The van der Waals surface area contributed by atoms with Crippen LogP contribution in [-0.4, -0.2) is 30.6 Å². The summed E-state index contributed by atoms with van der Waals surface area (Å²) in [5, 5.41) is 15.1. The van der Waals surface area contributed by atoms with E-state index >= 15 is 0 Å². The number of hydrogen-bond donors (Lipinski definition) is 3. The van der Waals surface area contributed by atoms with Crippen molar-refractivity contribution >= 4 is 23.0 Å². The predicted octanol–water partition coefficient (Wildman–Crippen LogP) is 2.83. The van der Waals surface area contributed by atoms with E-state index in [1.807, 2.05) is 36.4 Å². The predicted molar refractivity (Wildman–Crippen MR) is 97.4 cm³/mol. The molecule has 5 nitrogen and oxygen atoms in total. The van der Waals surface area contributed by atoms with E-state index in [0.29, 0.717) is 0 Å². The van der Waals surface area contributed by atoms with E-state index < -0.39 is 0 Å². The molecule has 1 amide bonds. The zero-order valence-corrected chi connectivity index (χ0v) is 13.7. The standard InChI is InChI=1S/C19H23N3O2/c23-14-15-4-3-5-17(12-15)20-13-19(24)21-16-6-8-18(9-7-16)22-10-1-2-11-22/h3-9,12,20,23H,1-2,10-11,13-14H2,(H,21,24). The lowest BCUT2D eigenvalue weighted by atomic mass is 10.2. The summed E-state index contributed by atoms with van der Waals surface area (Å²) in [5.41, 5.74) is 3.65. The van der Waals surface area contributed by atoms with E-state index in [1.54, 1.807) is 0 Å². The zero-order chi connectivity index (χ0) is 16.8. The molecule has 0 saturated carbocycles. The van der Waals surface area contributed by atoms with Gasteiger partial charge in [-0.2, -0.15) is 0 Å². The van der Waals surface area contributed by atoms with Gasteiger partial charge >= 0.3 is 0 Å². The number of carbonyl (C=O) groups excluding carboxylic acids is 1. The average molecular weight is 325 g/mol. The number of amides is 1. The Kier molecular flexibility index (Phi) is 5.33. The van der Waals surface area contributed by atoms with Crippen molar-refractivity contribution < 1.29 is 9.90 Å². The van der Waals surface area contributed by atoms with Crippen molar-refractivity contribution in [1.82, 2.24) is 0 Å². The molecule has 24 heavy (non-hydrogen) atoms. The maximum Gasteiger partial charge on any atom is 0.243 e. The Morgan fingerprint density at radius 2 is 1.79 bits per heavy atom. The minimum Gasteiger partial charge on any atom is -0.392 e. The second kappa shape index (κ2) is 7.84. The van der Waals surface area contributed by atoms with E-state index in [4.69, 9.17) is 5.11 Å². The van der Waals surface area contributed by atoms with Crippen molar-refractivity contribution in [3.05, 3.63) is 54.1 Å². The third kappa shape index (κ3) is 4.26. The summed E-state index contributed by atoms with van der Waals surface area (Å²) in [4.78, 5) is 14.4. The van der Waals surface area contributed by atoms with Gasteiger partial charge in [0.2, 0.25) is 5.91 Å². The molecule has 1 aliphatic rings. The van der Waals surface area contributed by atoms with E-state index in [2.05, 4.69) is 27.7 Å². The molecule has 0 spiro atoms.